The maximum Gasteiger partial charge on any atom is 0.316 e. The van der Waals surface area contributed by atoms with Gasteiger partial charge in [-0.15, -0.1) is 23.1 Å². The first-order valence-electron chi connectivity index (χ1n) is 18.5. The van der Waals surface area contributed by atoms with Crippen LogP contribution < -0.4 is 10.6 Å². The van der Waals surface area contributed by atoms with Gasteiger partial charge in [-0.2, -0.15) is 0 Å². The zero-order valence-corrected chi connectivity index (χ0v) is 33.9. The lowest BCUT2D eigenvalue weighted by Crippen LogP contribution is -2.73. The maximum atomic E-state index is 14.0. The van der Waals surface area contributed by atoms with Crippen LogP contribution in [-0.4, -0.2) is 92.3 Å². The topological polar surface area (TPSA) is 140 Å². The molecule has 0 bridgehead atoms. The lowest BCUT2D eigenvalue weighted by atomic mass is 9.77. The van der Waals surface area contributed by atoms with Crippen LogP contribution in [0.4, 0.5) is 5.13 Å². The minimum atomic E-state index is -1.28. The molecule has 3 aromatic carbocycles. The molecular weight excluding hydrogens is 779 g/mol. The van der Waals surface area contributed by atoms with Gasteiger partial charge in [0, 0.05) is 41.5 Å². The minimum absolute atomic E-state index is 0.000841. The molecule has 57 heavy (non-hydrogen) atoms. The average molecular weight is 820 g/mol. The highest BCUT2D eigenvalue weighted by Gasteiger charge is 2.57. The molecule has 2 fully saturated rings. The number of rotatable bonds is 13. The molecule has 3 N–H and O–H groups in total. The van der Waals surface area contributed by atoms with E-state index in [9.17, 15) is 19.5 Å². The van der Waals surface area contributed by atoms with E-state index in [1.807, 2.05) is 74.6 Å². The number of amides is 2. The summed E-state index contributed by atoms with van der Waals surface area (Å²) in [5, 5.41) is 24.1. The minimum Gasteiger partial charge on any atom is -0.481 e. The Kier molecular flexibility index (Phi) is 10.6. The molecule has 0 radical (unpaired) electrons. The summed E-state index contributed by atoms with van der Waals surface area (Å²) in [5.74, 6) is -1.73. The Morgan fingerprint density at radius 1 is 1.04 bits per heavy atom. The molecule has 0 spiro atoms. The number of allylic oxidation sites excluding steroid dienone is 2. The van der Waals surface area contributed by atoms with Gasteiger partial charge in [-0.05, 0) is 36.6 Å². The monoisotopic (exact) mass is 819 g/mol. The van der Waals surface area contributed by atoms with Gasteiger partial charge in [0.1, 0.15) is 34.7 Å². The summed E-state index contributed by atoms with van der Waals surface area (Å²) in [7, 11) is 2.01. The molecule has 8 rings (SSSR count). The van der Waals surface area contributed by atoms with Crippen molar-refractivity contribution < 1.29 is 24.3 Å². The molecule has 4 aliphatic heterocycles. The average Bonchev–Trinajstić information content (AvgIpc) is 3.93. The molecule has 4 aromatic rings. The summed E-state index contributed by atoms with van der Waals surface area (Å²) in [6, 6.07) is 29.5. The number of carbonyl (C=O) groups excluding carboxylic acids is 2. The van der Waals surface area contributed by atoms with Crippen LogP contribution in [0.3, 0.4) is 0 Å². The highest BCUT2D eigenvalue weighted by atomic mass is 32.2. The fraction of sp³-hybridized carbons (Fsp3) is 0.262. The highest BCUT2D eigenvalue weighted by molar-refractivity contribution is 8.07. The molecule has 1 unspecified atom stereocenters. The third-order valence-corrected chi connectivity index (χ3v) is 14.0. The van der Waals surface area contributed by atoms with Crippen LogP contribution in [0, 0.1) is 5.41 Å². The number of anilines is 1. The van der Waals surface area contributed by atoms with E-state index in [0.717, 1.165) is 39.0 Å². The lowest BCUT2D eigenvalue weighted by Gasteiger charge is -2.53. The zero-order valence-electron chi connectivity index (χ0n) is 31.5. The van der Waals surface area contributed by atoms with Crippen molar-refractivity contribution in [3.63, 3.8) is 0 Å². The van der Waals surface area contributed by atoms with Gasteiger partial charge in [-0.3, -0.25) is 14.4 Å². The van der Waals surface area contributed by atoms with Crippen molar-refractivity contribution in [2.24, 2.45) is 10.6 Å². The third kappa shape index (κ3) is 7.08. The number of hydrogen-bond acceptors (Lipinski definition) is 12. The molecule has 2 amide bonds. The van der Waals surface area contributed by atoms with Gasteiger partial charge in [-0.1, -0.05) is 114 Å². The van der Waals surface area contributed by atoms with Gasteiger partial charge in [0.15, 0.2) is 10.8 Å². The van der Waals surface area contributed by atoms with E-state index in [4.69, 9.17) is 9.82 Å². The zero-order chi connectivity index (χ0) is 39.7. The highest BCUT2D eigenvalue weighted by Crippen LogP contribution is 2.47. The van der Waals surface area contributed by atoms with Gasteiger partial charge in [-0.25, -0.2) is 4.98 Å². The molecule has 2 saturated heterocycles. The second-order valence-electron chi connectivity index (χ2n) is 14.1. The van der Waals surface area contributed by atoms with E-state index in [-0.39, 0.29) is 36.2 Å². The number of aliphatic carboxylic acids is 1. The van der Waals surface area contributed by atoms with Gasteiger partial charge in [0.2, 0.25) is 5.91 Å². The second kappa shape index (κ2) is 15.8. The first-order valence-corrected chi connectivity index (χ1v) is 21.2. The number of hydrogen-bond donors (Lipinski definition) is 3. The quantitative estimate of drug-likeness (QED) is 0.0607. The number of nitrogens with zero attached hydrogens (tertiary/aromatic N) is 5. The number of carboxylic acids is 1. The third-order valence-electron chi connectivity index (χ3n) is 10.5. The van der Waals surface area contributed by atoms with E-state index in [0.29, 0.717) is 5.13 Å². The van der Waals surface area contributed by atoms with Gasteiger partial charge in [0.05, 0.1) is 11.7 Å². The molecular formula is C42H41N7O5S3. The van der Waals surface area contributed by atoms with E-state index in [2.05, 4.69) is 68.2 Å². The number of thiazole rings is 1. The molecule has 15 heteroatoms. The van der Waals surface area contributed by atoms with E-state index < -0.39 is 34.2 Å². The summed E-state index contributed by atoms with van der Waals surface area (Å²) in [6.07, 6.45) is 5.66. The van der Waals surface area contributed by atoms with Gasteiger partial charge < -0.3 is 35.3 Å². The summed E-state index contributed by atoms with van der Waals surface area (Å²) in [4.78, 5) is 57.4. The Morgan fingerprint density at radius 3 is 2.25 bits per heavy atom. The van der Waals surface area contributed by atoms with Crippen molar-refractivity contribution in [1.29, 1.82) is 0 Å². The van der Waals surface area contributed by atoms with Crippen molar-refractivity contribution >= 4 is 63.5 Å². The Bertz CT molecular complexity index is 2200. The molecule has 5 heterocycles. The normalized spacial score (nSPS) is 21.9. The number of oxime groups is 1. The molecule has 0 saturated carbocycles. The Balaban J connectivity index is 1.01. The maximum absolute atomic E-state index is 14.0. The predicted octanol–water partition coefficient (Wildman–Crippen LogP) is 6.30. The molecule has 0 aliphatic carbocycles. The number of carbonyl (C=O) groups is 3. The van der Waals surface area contributed by atoms with Gasteiger partial charge in [0.25, 0.3) is 5.91 Å². The van der Waals surface area contributed by atoms with Crippen LogP contribution in [0.25, 0.3) is 0 Å². The summed E-state index contributed by atoms with van der Waals surface area (Å²) < 4.78 is 0. The van der Waals surface area contributed by atoms with Crippen LogP contribution in [0.1, 0.15) is 36.2 Å². The summed E-state index contributed by atoms with van der Waals surface area (Å²) in [6.45, 7) is 4.75. The van der Waals surface area contributed by atoms with Crippen molar-refractivity contribution in [3.8, 4) is 0 Å². The van der Waals surface area contributed by atoms with Crippen molar-refractivity contribution in [1.82, 2.24) is 25.0 Å². The van der Waals surface area contributed by atoms with Crippen LogP contribution >= 0.6 is 34.9 Å². The number of carboxylic acid groups (broad SMARTS) is 1. The second-order valence-corrected chi connectivity index (χ2v) is 17.2. The molecule has 4 aliphatic rings. The number of aromatic nitrogens is 1. The number of β-lactam (4-membered cyclic amide) rings is 1. The Labute approximate surface area is 343 Å². The van der Waals surface area contributed by atoms with Crippen molar-refractivity contribution in [2.45, 2.75) is 30.8 Å². The smallest absolute Gasteiger partial charge is 0.316 e. The summed E-state index contributed by atoms with van der Waals surface area (Å²) in [5.41, 5.74) is 2.15. The largest absolute Gasteiger partial charge is 0.481 e. The SMILES string of the molecule is CCON=C(C(=O)N[C@@H]1C(=O)N2CC(C=CC3=C(C)N4CN(C)C=C4S3)(C(=O)O)CS[C@H]12)c1csc(NC(c2ccccc2)(c2ccccc2)c2ccccc2)n1. The predicted molar refractivity (Wildman–Crippen MR) is 225 cm³/mol. The van der Waals surface area contributed by atoms with Crippen LogP contribution in [0.5, 0.6) is 0 Å². The van der Waals surface area contributed by atoms with Crippen LogP contribution in [0.2, 0.25) is 0 Å². The fourth-order valence-electron chi connectivity index (χ4n) is 7.47. The van der Waals surface area contributed by atoms with Crippen LogP contribution in [0.15, 0.2) is 136 Å². The number of thioether (sulfide) groups is 2. The fourth-order valence-corrected chi connectivity index (χ4v) is 10.9. The summed E-state index contributed by atoms with van der Waals surface area (Å²) >= 11 is 4.27. The van der Waals surface area contributed by atoms with E-state index in [1.54, 1.807) is 30.1 Å². The molecule has 1 aromatic heterocycles. The van der Waals surface area contributed by atoms with E-state index in [1.165, 1.54) is 28.0 Å². The standard InChI is InChI=1S/C42H41N7O5S3/c1-4-54-46-34(31-23-55-40(43-31)45-42(28-14-8-5-9-15-28,29-16-10-6-11-17-29)30-18-12-7-13-19-30)36(50)44-35-37(51)48-24-41(39(52)53,25-56-38(35)48)21-20-32-27(2)49-26-47(3)22-33(49)57-32/h5-23,35,38H,4,24-26H2,1-3H3,(H,43,45)(H,44,50)(H,52,53)/t35-,38-,41?/m1/s1. The van der Waals surface area contributed by atoms with Crippen molar-refractivity contribution in [3.05, 3.63) is 153 Å². The van der Waals surface area contributed by atoms with Crippen molar-refractivity contribution in [2.75, 3.05) is 37.9 Å². The van der Waals surface area contributed by atoms with E-state index >= 15 is 0 Å². The first-order chi connectivity index (χ1) is 27.6. The molecule has 292 valence electrons. The number of fused-ring (bicyclic) bond motifs is 2. The lowest BCUT2D eigenvalue weighted by molar-refractivity contribution is -0.156. The first kappa shape index (κ1) is 38.4. The number of benzene rings is 3. The number of nitrogens with one attached hydrogen (secondary N) is 2. The Hall–Kier alpha value is -5.51. The van der Waals surface area contributed by atoms with Crippen LogP contribution in [-0.2, 0) is 24.8 Å². The molecule has 3 atom stereocenters. The van der Waals surface area contributed by atoms with Gasteiger partial charge >= 0.3 is 5.97 Å². The Morgan fingerprint density at radius 2 is 1.67 bits per heavy atom. The molecule has 12 nitrogen and oxygen atoms in total.